The van der Waals surface area contributed by atoms with E-state index in [1.54, 1.807) is 6.20 Å². The summed E-state index contributed by atoms with van der Waals surface area (Å²) in [5, 5.41) is 0.543. The van der Waals surface area contributed by atoms with Crippen LogP contribution in [0.3, 0.4) is 0 Å². The minimum atomic E-state index is 0.203. The lowest BCUT2D eigenvalue weighted by Crippen LogP contribution is -2.31. The van der Waals surface area contributed by atoms with E-state index in [1.807, 2.05) is 18.9 Å². The van der Waals surface area contributed by atoms with Crippen molar-refractivity contribution in [3.63, 3.8) is 0 Å². The molecule has 1 aromatic rings. The molecule has 0 fully saturated rings. The Morgan fingerprint density at radius 1 is 1.62 bits per heavy atom. The second-order valence-corrected chi connectivity index (χ2v) is 3.52. The first-order valence-corrected chi connectivity index (χ1v) is 4.82. The molecule has 0 N–H and O–H groups in total. The van der Waals surface area contributed by atoms with Crippen LogP contribution in [0.2, 0.25) is 5.02 Å². The van der Waals surface area contributed by atoms with Gasteiger partial charge >= 0.3 is 0 Å². The van der Waals surface area contributed by atoms with Crippen LogP contribution in [0.5, 0.6) is 0 Å². The van der Waals surface area contributed by atoms with E-state index in [0.717, 1.165) is 0 Å². The molecule has 1 rings (SSSR count). The summed E-state index contributed by atoms with van der Waals surface area (Å²) in [6, 6.07) is 0.203. The number of aromatic nitrogens is 2. The van der Waals surface area contributed by atoms with Crippen LogP contribution in [0.15, 0.2) is 12.5 Å². The molecule has 1 aromatic heterocycles. The van der Waals surface area contributed by atoms with Crippen molar-refractivity contribution < 1.29 is 0 Å². The Hall–Kier alpha value is -0.540. The van der Waals surface area contributed by atoms with E-state index in [9.17, 15) is 0 Å². The average molecular weight is 220 g/mol. The van der Waals surface area contributed by atoms with Crippen LogP contribution < -0.4 is 4.90 Å². The lowest BCUT2D eigenvalue weighted by Gasteiger charge is -2.24. The van der Waals surface area contributed by atoms with Gasteiger partial charge in [0.1, 0.15) is 11.3 Å². The molecule has 0 radical (unpaired) electrons. The molecule has 0 aliphatic carbocycles. The molecule has 0 amide bonds. The fraction of sp³-hybridized carbons (Fsp3) is 0.500. The molecule has 3 nitrogen and oxygen atoms in total. The monoisotopic (exact) mass is 219 g/mol. The van der Waals surface area contributed by atoms with Crippen LogP contribution in [-0.2, 0) is 0 Å². The highest BCUT2D eigenvalue weighted by molar-refractivity contribution is 6.32. The maximum Gasteiger partial charge on any atom is 0.150 e. The van der Waals surface area contributed by atoms with Gasteiger partial charge in [-0.2, -0.15) is 0 Å². The van der Waals surface area contributed by atoms with Crippen molar-refractivity contribution >= 4 is 29.0 Å². The van der Waals surface area contributed by atoms with Gasteiger partial charge in [0.05, 0.1) is 6.20 Å². The zero-order valence-electron chi connectivity index (χ0n) is 7.54. The molecule has 0 saturated heterocycles. The summed E-state index contributed by atoms with van der Waals surface area (Å²) in [5.41, 5.74) is 0. The topological polar surface area (TPSA) is 29.0 Å². The van der Waals surface area contributed by atoms with Gasteiger partial charge < -0.3 is 4.90 Å². The Morgan fingerprint density at radius 2 is 2.31 bits per heavy atom. The molecule has 5 heteroatoms. The predicted octanol–water partition coefficient (Wildman–Crippen LogP) is 2.19. The Labute approximate surface area is 87.7 Å². The number of nitrogens with zero attached hydrogens (tertiary/aromatic N) is 3. The highest BCUT2D eigenvalue weighted by Gasteiger charge is 2.12. The van der Waals surface area contributed by atoms with E-state index in [4.69, 9.17) is 23.2 Å². The Kier molecular flexibility index (Phi) is 3.75. The van der Waals surface area contributed by atoms with Gasteiger partial charge in [-0.15, -0.1) is 11.6 Å². The van der Waals surface area contributed by atoms with Crippen molar-refractivity contribution in [1.82, 2.24) is 9.97 Å². The second-order valence-electron chi connectivity index (χ2n) is 2.81. The highest BCUT2D eigenvalue weighted by Crippen LogP contribution is 2.21. The Balaban J connectivity index is 2.88. The summed E-state index contributed by atoms with van der Waals surface area (Å²) in [5.74, 6) is 1.25. The molecule has 1 atom stereocenters. The summed E-state index contributed by atoms with van der Waals surface area (Å²) in [6.07, 6.45) is 3.04. The summed E-state index contributed by atoms with van der Waals surface area (Å²) in [6.45, 7) is 2.01. The zero-order valence-corrected chi connectivity index (χ0v) is 9.05. The number of hydrogen-bond donors (Lipinski definition) is 0. The highest BCUT2D eigenvalue weighted by atomic mass is 35.5. The fourth-order valence-electron chi connectivity index (χ4n) is 0.878. The predicted molar refractivity (Wildman–Crippen MR) is 55.6 cm³/mol. The first-order valence-electron chi connectivity index (χ1n) is 3.91. The first kappa shape index (κ1) is 10.5. The van der Waals surface area contributed by atoms with E-state index >= 15 is 0 Å². The number of alkyl halides is 1. The standard InChI is InChI=1S/C8H11Cl2N3/c1-6(3-9)13(2)8-7(10)4-11-5-12-8/h4-6H,3H2,1-2H3. The van der Waals surface area contributed by atoms with Gasteiger partial charge in [0, 0.05) is 19.0 Å². The molecule has 1 unspecified atom stereocenters. The molecule has 13 heavy (non-hydrogen) atoms. The number of rotatable bonds is 3. The van der Waals surface area contributed by atoms with Gasteiger partial charge in [-0.25, -0.2) is 9.97 Å². The molecular weight excluding hydrogens is 209 g/mol. The number of halogens is 2. The zero-order chi connectivity index (χ0) is 9.84. The van der Waals surface area contributed by atoms with Gasteiger partial charge in [0.25, 0.3) is 0 Å². The summed E-state index contributed by atoms with van der Waals surface area (Å²) in [4.78, 5) is 9.81. The van der Waals surface area contributed by atoms with Crippen molar-refractivity contribution in [3.05, 3.63) is 17.5 Å². The average Bonchev–Trinajstić information content (AvgIpc) is 2.16. The van der Waals surface area contributed by atoms with E-state index in [1.165, 1.54) is 6.33 Å². The summed E-state index contributed by atoms with van der Waals surface area (Å²) >= 11 is 11.6. The molecular formula is C8H11Cl2N3. The number of anilines is 1. The van der Waals surface area contributed by atoms with Gasteiger partial charge in [-0.05, 0) is 6.92 Å². The van der Waals surface area contributed by atoms with Crippen molar-refractivity contribution in [2.24, 2.45) is 0 Å². The largest absolute Gasteiger partial charge is 0.354 e. The van der Waals surface area contributed by atoms with Crippen LogP contribution in [0.25, 0.3) is 0 Å². The summed E-state index contributed by atoms with van der Waals surface area (Å²) < 4.78 is 0. The summed E-state index contributed by atoms with van der Waals surface area (Å²) in [7, 11) is 1.90. The third-order valence-corrected chi connectivity index (χ3v) is 2.58. The molecule has 0 spiro atoms. The molecule has 0 aromatic carbocycles. The van der Waals surface area contributed by atoms with E-state index < -0.39 is 0 Å². The lowest BCUT2D eigenvalue weighted by atomic mass is 10.3. The molecule has 1 heterocycles. The van der Waals surface area contributed by atoms with Crippen LogP contribution in [0.4, 0.5) is 5.82 Å². The normalized spacial score (nSPS) is 12.6. The first-order chi connectivity index (χ1) is 6.16. The van der Waals surface area contributed by atoms with Crippen LogP contribution in [0.1, 0.15) is 6.92 Å². The maximum absolute atomic E-state index is 5.91. The third-order valence-electron chi connectivity index (χ3n) is 1.87. The lowest BCUT2D eigenvalue weighted by molar-refractivity contribution is 0.747. The van der Waals surface area contributed by atoms with Crippen molar-refractivity contribution in [2.75, 3.05) is 17.8 Å². The maximum atomic E-state index is 5.91. The second kappa shape index (κ2) is 4.63. The van der Waals surface area contributed by atoms with Gasteiger partial charge in [-0.1, -0.05) is 11.6 Å². The quantitative estimate of drug-likeness (QED) is 0.731. The van der Waals surface area contributed by atoms with Crippen molar-refractivity contribution in [3.8, 4) is 0 Å². The number of hydrogen-bond acceptors (Lipinski definition) is 3. The molecule has 0 aliphatic rings. The van der Waals surface area contributed by atoms with E-state index in [-0.39, 0.29) is 6.04 Å². The Morgan fingerprint density at radius 3 is 2.85 bits per heavy atom. The van der Waals surface area contributed by atoms with Crippen LogP contribution >= 0.6 is 23.2 Å². The van der Waals surface area contributed by atoms with Gasteiger partial charge in [0.2, 0.25) is 0 Å². The fourth-order valence-corrected chi connectivity index (χ4v) is 1.32. The van der Waals surface area contributed by atoms with Crippen molar-refractivity contribution in [2.45, 2.75) is 13.0 Å². The van der Waals surface area contributed by atoms with E-state index in [2.05, 4.69) is 9.97 Å². The van der Waals surface area contributed by atoms with E-state index in [0.29, 0.717) is 16.7 Å². The minimum absolute atomic E-state index is 0.203. The SMILES string of the molecule is CC(CCl)N(C)c1ncncc1Cl. The minimum Gasteiger partial charge on any atom is -0.354 e. The van der Waals surface area contributed by atoms with Crippen molar-refractivity contribution in [1.29, 1.82) is 0 Å². The molecule has 0 bridgehead atoms. The smallest absolute Gasteiger partial charge is 0.150 e. The molecule has 72 valence electrons. The molecule has 0 aliphatic heterocycles. The Bertz CT molecular complexity index is 280. The van der Waals surface area contributed by atoms with Gasteiger partial charge in [-0.3, -0.25) is 0 Å². The van der Waals surface area contributed by atoms with Gasteiger partial charge in [0.15, 0.2) is 5.82 Å². The third kappa shape index (κ3) is 2.45. The van der Waals surface area contributed by atoms with Crippen LogP contribution in [-0.4, -0.2) is 28.9 Å². The molecule has 0 saturated carbocycles. The van der Waals surface area contributed by atoms with Crippen LogP contribution in [0, 0.1) is 0 Å².